The summed E-state index contributed by atoms with van der Waals surface area (Å²) >= 11 is 0. The molecule has 0 atom stereocenters. The Kier molecular flexibility index (Phi) is 4.00. The van der Waals surface area contributed by atoms with Gasteiger partial charge in [-0.05, 0) is 53.7 Å². The van der Waals surface area contributed by atoms with E-state index in [1.165, 1.54) is 0 Å². The van der Waals surface area contributed by atoms with Gasteiger partial charge in [0.2, 0.25) is 11.9 Å². The van der Waals surface area contributed by atoms with Crippen LogP contribution in [0.25, 0.3) is 11.2 Å². The maximum Gasteiger partial charge on any atom is 0.229 e. The Morgan fingerprint density at radius 3 is 2.41 bits per heavy atom. The Morgan fingerprint density at radius 2 is 1.86 bits per heavy atom. The minimum atomic E-state index is -1.06. The lowest BCUT2D eigenvalue weighted by molar-refractivity contribution is -0.119. The minimum Gasteiger partial charge on any atom is -0.390 e. The number of imidazole rings is 1. The van der Waals surface area contributed by atoms with Crippen molar-refractivity contribution in [2.45, 2.75) is 59.1 Å². The third-order valence-electron chi connectivity index (χ3n) is 3.16. The molecule has 2 rings (SSSR count). The van der Waals surface area contributed by atoms with Crippen LogP contribution in [0.15, 0.2) is 12.1 Å². The zero-order valence-electron chi connectivity index (χ0n) is 14.1. The highest BCUT2D eigenvalue weighted by Crippen LogP contribution is 2.27. The van der Waals surface area contributed by atoms with Gasteiger partial charge < -0.3 is 5.11 Å². The number of hydrogen-bond acceptors (Lipinski definition) is 4. The quantitative estimate of drug-likeness (QED) is 0.913. The average Bonchev–Trinajstić information content (AvgIpc) is 2.62. The Morgan fingerprint density at radius 1 is 1.23 bits per heavy atom. The largest absolute Gasteiger partial charge is 0.390 e. The van der Waals surface area contributed by atoms with Crippen molar-refractivity contribution in [2.75, 3.05) is 5.32 Å². The molecule has 6 nitrogen and oxygen atoms in total. The van der Waals surface area contributed by atoms with E-state index in [1.807, 2.05) is 44.4 Å². The van der Waals surface area contributed by atoms with E-state index in [9.17, 15) is 9.90 Å². The van der Waals surface area contributed by atoms with Gasteiger partial charge in [0.15, 0.2) is 5.65 Å². The molecule has 2 aromatic heterocycles. The molecule has 2 N–H and O–H groups in total. The number of hydrogen-bond donors (Lipinski definition) is 2. The Bertz CT molecular complexity index is 705. The summed E-state index contributed by atoms with van der Waals surface area (Å²) in [5.41, 5.74) is 1.03. The molecule has 0 radical (unpaired) electrons. The van der Waals surface area contributed by atoms with Gasteiger partial charge in [0.25, 0.3) is 0 Å². The second-order valence-corrected chi connectivity index (χ2v) is 7.27. The van der Waals surface area contributed by atoms with Crippen LogP contribution in [0.1, 0.15) is 46.7 Å². The number of aliphatic hydroxyl groups is 1. The fourth-order valence-corrected chi connectivity index (χ4v) is 2.33. The maximum atomic E-state index is 12.1. The van der Waals surface area contributed by atoms with Gasteiger partial charge >= 0.3 is 0 Å². The zero-order valence-corrected chi connectivity index (χ0v) is 14.1. The number of carbonyl (C=O) groups is 1. The lowest BCUT2D eigenvalue weighted by Gasteiger charge is -2.24. The van der Waals surface area contributed by atoms with Crippen LogP contribution in [0, 0.1) is 6.92 Å². The molecule has 0 spiro atoms. The molecule has 0 fully saturated rings. The van der Waals surface area contributed by atoms with Gasteiger partial charge in [0.1, 0.15) is 5.52 Å². The van der Waals surface area contributed by atoms with Crippen LogP contribution in [-0.4, -0.2) is 31.1 Å². The Balaban J connectivity index is 2.47. The molecule has 120 valence electrons. The van der Waals surface area contributed by atoms with Crippen LogP contribution < -0.4 is 5.32 Å². The molecular formula is C16H24N4O2. The Hall–Kier alpha value is -1.95. The number of fused-ring (bicyclic) bond motifs is 1. The van der Waals surface area contributed by atoms with Crippen molar-refractivity contribution in [1.82, 2.24) is 14.5 Å². The first-order valence-electron chi connectivity index (χ1n) is 7.36. The molecule has 6 heteroatoms. The van der Waals surface area contributed by atoms with Gasteiger partial charge in [-0.2, -0.15) is 0 Å². The Labute approximate surface area is 130 Å². The fourth-order valence-electron chi connectivity index (χ4n) is 2.33. The number of anilines is 1. The number of aromatic nitrogens is 3. The van der Waals surface area contributed by atoms with E-state index < -0.39 is 5.60 Å². The van der Waals surface area contributed by atoms with Crippen LogP contribution in [0.3, 0.4) is 0 Å². The molecule has 0 aliphatic carbocycles. The standard InChI is InChI=1S/C16H24N4O2/c1-10-7-8-11-13(17-10)20(15(2,3)4)14(18-11)19-12(21)9-16(5,6)22/h7-8,22H,9H2,1-6H3,(H,18,19,21). The monoisotopic (exact) mass is 304 g/mol. The van der Waals surface area contributed by atoms with Crippen LogP contribution in [0.2, 0.25) is 0 Å². The van der Waals surface area contributed by atoms with Crippen LogP contribution in [-0.2, 0) is 10.3 Å². The summed E-state index contributed by atoms with van der Waals surface area (Å²) in [6.45, 7) is 11.2. The number of nitrogens with one attached hydrogen (secondary N) is 1. The van der Waals surface area contributed by atoms with Gasteiger partial charge in [-0.15, -0.1) is 0 Å². The van der Waals surface area contributed by atoms with Gasteiger partial charge in [-0.25, -0.2) is 9.97 Å². The van der Waals surface area contributed by atoms with E-state index in [1.54, 1.807) is 13.8 Å². The molecule has 0 aliphatic rings. The van der Waals surface area contributed by atoms with Crippen LogP contribution in [0.4, 0.5) is 5.95 Å². The highest BCUT2D eigenvalue weighted by Gasteiger charge is 2.25. The number of nitrogens with zero attached hydrogens (tertiary/aromatic N) is 3. The molecule has 0 bridgehead atoms. The van der Waals surface area contributed by atoms with Crippen molar-refractivity contribution in [3.8, 4) is 0 Å². The summed E-state index contributed by atoms with van der Waals surface area (Å²) in [7, 11) is 0. The highest BCUT2D eigenvalue weighted by molar-refractivity contribution is 5.91. The van der Waals surface area contributed by atoms with Crippen molar-refractivity contribution >= 4 is 23.0 Å². The van der Waals surface area contributed by atoms with Gasteiger partial charge in [-0.1, -0.05) is 0 Å². The van der Waals surface area contributed by atoms with E-state index >= 15 is 0 Å². The summed E-state index contributed by atoms with van der Waals surface area (Å²) in [4.78, 5) is 21.1. The first-order valence-corrected chi connectivity index (χ1v) is 7.36. The molecule has 2 aromatic rings. The molecule has 0 aromatic carbocycles. The number of carbonyl (C=O) groups excluding carboxylic acids is 1. The molecule has 0 unspecified atom stereocenters. The number of aryl methyl sites for hydroxylation is 1. The van der Waals surface area contributed by atoms with Crippen molar-refractivity contribution in [3.63, 3.8) is 0 Å². The lowest BCUT2D eigenvalue weighted by atomic mass is 10.1. The van der Waals surface area contributed by atoms with E-state index in [0.717, 1.165) is 16.9 Å². The number of amides is 1. The SMILES string of the molecule is Cc1ccc2nc(NC(=O)CC(C)(C)O)n(C(C)(C)C)c2n1. The summed E-state index contributed by atoms with van der Waals surface area (Å²) in [6, 6.07) is 3.79. The predicted molar refractivity (Wildman–Crippen MR) is 86.8 cm³/mol. The first-order chi connectivity index (χ1) is 9.97. The molecular weight excluding hydrogens is 280 g/mol. The second-order valence-electron chi connectivity index (χ2n) is 7.27. The van der Waals surface area contributed by atoms with Crippen molar-refractivity contribution in [3.05, 3.63) is 17.8 Å². The van der Waals surface area contributed by atoms with Crippen LogP contribution in [0.5, 0.6) is 0 Å². The molecule has 0 saturated carbocycles. The van der Waals surface area contributed by atoms with E-state index in [0.29, 0.717) is 5.95 Å². The molecule has 0 saturated heterocycles. The van der Waals surface area contributed by atoms with Gasteiger partial charge in [0.05, 0.1) is 12.0 Å². The van der Waals surface area contributed by atoms with Gasteiger partial charge in [-0.3, -0.25) is 14.7 Å². The normalized spacial score (nSPS) is 12.7. The zero-order chi connectivity index (χ0) is 16.7. The third kappa shape index (κ3) is 3.62. The van der Waals surface area contributed by atoms with Crippen molar-refractivity contribution < 1.29 is 9.90 Å². The molecule has 0 aliphatic heterocycles. The van der Waals surface area contributed by atoms with Crippen molar-refractivity contribution in [2.24, 2.45) is 0 Å². The second kappa shape index (κ2) is 5.35. The lowest BCUT2D eigenvalue weighted by Crippen LogP contribution is -2.30. The summed E-state index contributed by atoms with van der Waals surface area (Å²) in [6.07, 6.45) is 0.00675. The predicted octanol–water partition coefficient (Wildman–Crippen LogP) is 2.59. The number of rotatable bonds is 3. The number of pyridine rings is 1. The first kappa shape index (κ1) is 16.4. The van der Waals surface area contributed by atoms with Crippen molar-refractivity contribution in [1.29, 1.82) is 0 Å². The minimum absolute atomic E-state index is 0.00675. The van der Waals surface area contributed by atoms with E-state index in [-0.39, 0.29) is 17.9 Å². The average molecular weight is 304 g/mol. The van der Waals surface area contributed by atoms with Crippen LogP contribution >= 0.6 is 0 Å². The third-order valence-corrected chi connectivity index (χ3v) is 3.16. The van der Waals surface area contributed by atoms with E-state index in [4.69, 9.17) is 0 Å². The molecule has 22 heavy (non-hydrogen) atoms. The molecule has 1 amide bonds. The molecule has 2 heterocycles. The highest BCUT2D eigenvalue weighted by atomic mass is 16.3. The van der Waals surface area contributed by atoms with Gasteiger partial charge in [0, 0.05) is 11.2 Å². The summed E-state index contributed by atoms with van der Waals surface area (Å²) in [5, 5.41) is 12.6. The topological polar surface area (TPSA) is 80.0 Å². The maximum absolute atomic E-state index is 12.1. The summed E-state index contributed by atoms with van der Waals surface area (Å²) in [5.74, 6) is 0.180. The smallest absolute Gasteiger partial charge is 0.229 e. The fraction of sp³-hybridized carbons (Fsp3) is 0.562. The summed E-state index contributed by atoms with van der Waals surface area (Å²) < 4.78 is 1.91. The van der Waals surface area contributed by atoms with E-state index in [2.05, 4.69) is 15.3 Å².